The molecule has 0 amide bonds. The minimum atomic E-state index is 0. The van der Waals surface area contributed by atoms with Crippen LogP contribution in [-0.4, -0.2) is 42.1 Å². The Morgan fingerprint density at radius 3 is 2.81 bits per heavy atom. The summed E-state index contributed by atoms with van der Waals surface area (Å²) in [5.74, 6) is 2.82. The van der Waals surface area contributed by atoms with Crippen LogP contribution in [0.1, 0.15) is 24.1 Å². The Bertz CT molecular complexity index is 696. The van der Waals surface area contributed by atoms with Crippen molar-refractivity contribution in [3.63, 3.8) is 0 Å². The third-order valence-electron chi connectivity index (χ3n) is 4.27. The van der Waals surface area contributed by atoms with E-state index in [-0.39, 0.29) is 24.0 Å². The number of halogens is 1. The van der Waals surface area contributed by atoms with Gasteiger partial charge in [0.05, 0.1) is 5.69 Å². The van der Waals surface area contributed by atoms with Crippen LogP contribution in [0.15, 0.2) is 39.9 Å². The van der Waals surface area contributed by atoms with Crippen molar-refractivity contribution in [1.29, 1.82) is 0 Å². The Balaban J connectivity index is 0.00000243. The number of nitrogens with one attached hydrogen (secondary N) is 2. The number of aliphatic imine (C=N–C) groups is 1. The molecule has 1 unspecified atom stereocenters. The Kier molecular flexibility index (Phi) is 8.77. The van der Waals surface area contributed by atoms with Gasteiger partial charge in [-0.2, -0.15) is 11.8 Å². The molecule has 1 saturated heterocycles. The third-order valence-corrected chi connectivity index (χ3v) is 5.67. The maximum atomic E-state index is 5.60. The van der Waals surface area contributed by atoms with Crippen molar-refractivity contribution in [3.8, 4) is 11.5 Å². The van der Waals surface area contributed by atoms with Gasteiger partial charge in [-0.3, -0.25) is 4.99 Å². The van der Waals surface area contributed by atoms with Crippen LogP contribution in [0.5, 0.6) is 0 Å². The van der Waals surface area contributed by atoms with E-state index in [2.05, 4.69) is 39.7 Å². The first-order valence-electron chi connectivity index (χ1n) is 8.82. The van der Waals surface area contributed by atoms with Gasteiger partial charge in [0.1, 0.15) is 6.26 Å². The zero-order valence-electron chi connectivity index (χ0n) is 15.3. The van der Waals surface area contributed by atoms with Crippen LogP contribution >= 0.6 is 35.7 Å². The Hall–Kier alpha value is -1.22. The summed E-state index contributed by atoms with van der Waals surface area (Å²) < 4.78 is 5.60. The molecule has 0 saturated carbocycles. The molecule has 0 spiro atoms. The minimum Gasteiger partial charge on any atom is -0.444 e. The number of oxazole rings is 1. The highest BCUT2D eigenvalue weighted by molar-refractivity contribution is 14.0. The van der Waals surface area contributed by atoms with E-state index in [9.17, 15) is 0 Å². The van der Waals surface area contributed by atoms with Gasteiger partial charge in [-0.25, -0.2) is 4.98 Å². The quantitative estimate of drug-likeness (QED) is 0.369. The van der Waals surface area contributed by atoms with Crippen LogP contribution < -0.4 is 10.6 Å². The normalized spacial score (nSPS) is 17.0. The lowest BCUT2D eigenvalue weighted by atomic mass is 10.1. The van der Waals surface area contributed by atoms with Crippen LogP contribution in [0.3, 0.4) is 0 Å². The number of hydrogen-bond acceptors (Lipinski definition) is 4. The number of rotatable bonds is 6. The highest BCUT2D eigenvalue weighted by atomic mass is 127. The second-order valence-electron chi connectivity index (χ2n) is 6.27. The van der Waals surface area contributed by atoms with E-state index in [1.165, 1.54) is 24.2 Å². The van der Waals surface area contributed by atoms with E-state index in [4.69, 9.17) is 4.42 Å². The van der Waals surface area contributed by atoms with E-state index in [1.807, 2.05) is 30.9 Å². The summed E-state index contributed by atoms with van der Waals surface area (Å²) >= 11 is 2.05. The van der Waals surface area contributed by atoms with Crippen molar-refractivity contribution in [1.82, 2.24) is 15.6 Å². The van der Waals surface area contributed by atoms with Gasteiger partial charge in [0.15, 0.2) is 5.96 Å². The van der Waals surface area contributed by atoms with Gasteiger partial charge in [-0.1, -0.05) is 17.7 Å². The van der Waals surface area contributed by atoms with E-state index in [0.29, 0.717) is 11.1 Å². The van der Waals surface area contributed by atoms with Crippen molar-refractivity contribution >= 4 is 41.7 Å². The predicted molar refractivity (Wildman–Crippen MR) is 121 cm³/mol. The summed E-state index contributed by atoms with van der Waals surface area (Å²) in [6.45, 7) is 3.83. The van der Waals surface area contributed by atoms with E-state index < -0.39 is 0 Å². The zero-order chi connectivity index (χ0) is 17.5. The number of nitrogens with zero attached hydrogens (tertiary/aromatic N) is 2. The second kappa shape index (κ2) is 10.8. The summed E-state index contributed by atoms with van der Waals surface area (Å²) in [5.41, 5.74) is 3.19. The summed E-state index contributed by atoms with van der Waals surface area (Å²) in [6.07, 6.45) is 5.17. The van der Waals surface area contributed by atoms with Crippen molar-refractivity contribution in [2.45, 2.75) is 31.4 Å². The first-order valence-corrected chi connectivity index (χ1v) is 9.87. The number of hydrogen-bond donors (Lipinski definition) is 2. The summed E-state index contributed by atoms with van der Waals surface area (Å²) in [4.78, 5) is 8.85. The zero-order valence-corrected chi connectivity index (χ0v) is 18.5. The van der Waals surface area contributed by atoms with Crippen LogP contribution in [0.25, 0.3) is 11.5 Å². The highest BCUT2D eigenvalue weighted by Crippen LogP contribution is 2.25. The van der Waals surface area contributed by atoms with Crippen molar-refractivity contribution < 1.29 is 4.42 Å². The van der Waals surface area contributed by atoms with Crippen molar-refractivity contribution in [2.24, 2.45) is 4.99 Å². The Labute approximate surface area is 176 Å². The fourth-order valence-electron chi connectivity index (χ4n) is 2.80. The maximum absolute atomic E-state index is 5.60. The topological polar surface area (TPSA) is 62.5 Å². The van der Waals surface area contributed by atoms with Crippen molar-refractivity contribution in [2.75, 3.05) is 25.9 Å². The summed E-state index contributed by atoms with van der Waals surface area (Å²) in [6, 6.07) is 8.21. The van der Waals surface area contributed by atoms with Crippen LogP contribution in [0.2, 0.25) is 0 Å². The molecular formula is C19H27IN4OS. The van der Waals surface area contributed by atoms with Gasteiger partial charge < -0.3 is 15.1 Å². The molecule has 26 heavy (non-hydrogen) atoms. The summed E-state index contributed by atoms with van der Waals surface area (Å²) in [5, 5.41) is 7.47. The number of benzene rings is 1. The molecule has 1 aliphatic rings. The SMILES string of the molecule is CN=C(NCCc1coc(-c2ccc(C)cc2)n1)NCC1CCCS1.I. The molecule has 3 rings (SSSR count). The molecule has 2 aromatic rings. The molecule has 1 aliphatic heterocycles. The van der Waals surface area contributed by atoms with Crippen LogP contribution in [-0.2, 0) is 6.42 Å². The molecule has 1 aromatic carbocycles. The van der Waals surface area contributed by atoms with E-state index in [1.54, 1.807) is 6.26 Å². The maximum Gasteiger partial charge on any atom is 0.226 e. The Morgan fingerprint density at radius 2 is 2.12 bits per heavy atom. The largest absolute Gasteiger partial charge is 0.444 e. The molecule has 0 radical (unpaired) electrons. The van der Waals surface area contributed by atoms with E-state index >= 15 is 0 Å². The van der Waals surface area contributed by atoms with Gasteiger partial charge in [0.2, 0.25) is 5.89 Å². The molecule has 0 aliphatic carbocycles. The number of aromatic nitrogens is 1. The molecular weight excluding hydrogens is 459 g/mol. The monoisotopic (exact) mass is 486 g/mol. The minimum absolute atomic E-state index is 0. The molecule has 1 fully saturated rings. The fourth-order valence-corrected chi connectivity index (χ4v) is 4.00. The first kappa shape index (κ1) is 21.1. The lowest BCUT2D eigenvalue weighted by Crippen LogP contribution is -2.40. The highest BCUT2D eigenvalue weighted by Gasteiger charge is 2.15. The Morgan fingerprint density at radius 1 is 1.31 bits per heavy atom. The van der Waals surface area contributed by atoms with Gasteiger partial charge in [-0.05, 0) is 37.7 Å². The molecule has 7 heteroatoms. The lowest BCUT2D eigenvalue weighted by molar-refractivity contribution is 0.572. The first-order chi connectivity index (χ1) is 12.2. The van der Waals surface area contributed by atoms with E-state index in [0.717, 1.165) is 36.7 Å². The van der Waals surface area contributed by atoms with Crippen molar-refractivity contribution in [3.05, 3.63) is 41.8 Å². The number of thioether (sulfide) groups is 1. The van der Waals surface area contributed by atoms with Gasteiger partial charge in [0, 0.05) is 37.4 Å². The van der Waals surface area contributed by atoms with Crippen LogP contribution in [0, 0.1) is 6.92 Å². The predicted octanol–water partition coefficient (Wildman–Crippen LogP) is 3.87. The fraction of sp³-hybridized carbons (Fsp3) is 0.474. The molecule has 1 atom stereocenters. The molecule has 1 aromatic heterocycles. The second-order valence-corrected chi connectivity index (χ2v) is 7.68. The molecule has 2 N–H and O–H groups in total. The summed E-state index contributed by atoms with van der Waals surface area (Å²) in [7, 11) is 1.81. The van der Waals surface area contributed by atoms with Crippen LogP contribution in [0.4, 0.5) is 0 Å². The smallest absolute Gasteiger partial charge is 0.226 e. The number of guanidine groups is 1. The van der Waals surface area contributed by atoms with Gasteiger partial charge in [-0.15, -0.1) is 24.0 Å². The molecule has 5 nitrogen and oxygen atoms in total. The molecule has 2 heterocycles. The molecule has 142 valence electrons. The third kappa shape index (κ3) is 6.19. The lowest BCUT2D eigenvalue weighted by Gasteiger charge is -2.14. The number of aryl methyl sites for hydroxylation is 1. The molecule has 0 bridgehead atoms. The average molecular weight is 486 g/mol. The van der Waals surface area contributed by atoms with Gasteiger partial charge >= 0.3 is 0 Å². The average Bonchev–Trinajstić information content (AvgIpc) is 3.30. The standard InChI is InChI=1S/C19H26N4OS.HI/c1-14-5-7-15(8-6-14)18-23-16(13-24-18)9-10-21-19(20-2)22-12-17-4-3-11-25-17;/h5-8,13,17H,3-4,9-12H2,1-2H3,(H2,20,21,22);1H. The van der Waals surface area contributed by atoms with Gasteiger partial charge in [0.25, 0.3) is 0 Å².